The zero-order valence-corrected chi connectivity index (χ0v) is 10.8. The van der Waals surface area contributed by atoms with Crippen molar-refractivity contribution in [1.82, 2.24) is 4.98 Å². The van der Waals surface area contributed by atoms with Crippen LogP contribution in [0, 0.1) is 0 Å². The van der Waals surface area contributed by atoms with Crippen LogP contribution in [0.15, 0.2) is 12.3 Å². The van der Waals surface area contributed by atoms with Gasteiger partial charge in [0.2, 0.25) is 0 Å². The average molecular weight is 297 g/mol. The molecule has 0 radical (unpaired) electrons. The summed E-state index contributed by atoms with van der Waals surface area (Å²) in [6.45, 7) is 0.560. The van der Waals surface area contributed by atoms with Gasteiger partial charge >= 0.3 is 12.1 Å². The van der Waals surface area contributed by atoms with E-state index in [0.29, 0.717) is 6.42 Å². The zero-order valence-electron chi connectivity index (χ0n) is 10.0. The van der Waals surface area contributed by atoms with E-state index in [0.717, 1.165) is 17.2 Å². The number of carboxylic acid groups (broad SMARTS) is 1. The number of rotatable bonds is 5. The van der Waals surface area contributed by atoms with E-state index in [1.165, 1.54) is 0 Å². The van der Waals surface area contributed by atoms with Crippen LogP contribution in [0.2, 0.25) is 5.02 Å². The molecule has 0 amide bonds. The lowest BCUT2D eigenvalue weighted by Gasteiger charge is -2.25. The maximum absolute atomic E-state index is 12.5. The van der Waals surface area contributed by atoms with Crippen molar-refractivity contribution >= 4 is 23.4 Å². The van der Waals surface area contributed by atoms with Crippen molar-refractivity contribution in [2.75, 3.05) is 18.0 Å². The largest absolute Gasteiger partial charge is 0.478 e. The van der Waals surface area contributed by atoms with E-state index in [4.69, 9.17) is 16.7 Å². The summed E-state index contributed by atoms with van der Waals surface area (Å²) in [6.07, 6.45) is -2.84. The predicted molar refractivity (Wildman–Crippen MR) is 64.8 cm³/mol. The number of halogens is 4. The SMILES string of the molecule is CCCN(CC(F)(F)F)c1nccc(C(=O)O)c1Cl. The zero-order chi connectivity index (χ0) is 14.6. The Bertz CT molecular complexity index is 466. The first-order chi connectivity index (χ1) is 8.76. The molecule has 0 aliphatic rings. The summed E-state index contributed by atoms with van der Waals surface area (Å²) in [5.41, 5.74) is -0.269. The van der Waals surface area contributed by atoms with Crippen molar-refractivity contribution in [3.63, 3.8) is 0 Å². The summed E-state index contributed by atoms with van der Waals surface area (Å²) >= 11 is 5.81. The van der Waals surface area contributed by atoms with Gasteiger partial charge in [-0.1, -0.05) is 18.5 Å². The Morgan fingerprint density at radius 3 is 2.63 bits per heavy atom. The van der Waals surface area contributed by atoms with Crippen LogP contribution in [-0.4, -0.2) is 35.3 Å². The molecule has 1 aromatic heterocycles. The van der Waals surface area contributed by atoms with Gasteiger partial charge in [-0.3, -0.25) is 0 Å². The van der Waals surface area contributed by atoms with E-state index in [1.807, 2.05) is 0 Å². The Hall–Kier alpha value is -1.50. The van der Waals surface area contributed by atoms with E-state index in [1.54, 1.807) is 6.92 Å². The van der Waals surface area contributed by atoms with Gasteiger partial charge in [0.15, 0.2) is 0 Å². The minimum absolute atomic E-state index is 0.0787. The third-order valence-electron chi connectivity index (χ3n) is 2.26. The van der Waals surface area contributed by atoms with E-state index in [2.05, 4.69) is 4.98 Å². The number of aromatic carboxylic acids is 1. The number of aromatic nitrogens is 1. The number of alkyl halides is 3. The van der Waals surface area contributed by atoms with Crippen LogP contribution in [0.5, 0.6) is 0 Å². The van der Waals surface area contributed by atoms with Gasteiger partial charge in [0, 0.05) is 12.7 Å². The highest BCUT2D eigenvalue weighted by Crippen LogP contribution is 2.29. The van der Waals surface area contributed by atoms with Crippen LogP contribution < -0.4 is 4.90 Å². The third kappa shape index (κ3) is 4.27. The molecule has 19 heavy (non-hydrogen) atoms. The van der Waals surface area contributed by atoms with Gasteiger partial charge in [-0.15, -0.1) is 0 Å². The Balaban J connectivity index is 3.16. The highest BCUT2D eigenvalue weighted by atomic mass is 35.5. The summed E-state index contributed by atoms with van der Waals surface area (Å²) in [4.78, 5) is 15.6. The molecule has 0 fully saturated rings. The van der Waals surface area contributed by atoms with Gasteiger partial charge in [-0.25, -0.2) is 9.78 Å². The van der Waals surface area contributed by atoms with Crippen molar-refractivity contribution in [2.45, 2.75) is 19.5 Å². The Morgan fingerprint density at radius 2 is 2.16 bits per heavy atom. The maximum Gasteiger partial charge on any atom is 0.405 e. The monoisotopic (exact) mass is 296 g/mol. The average Bonchev–Trinajstić information content (AvgIpc) is 2.26. The Kier molecular flexibility index (Phi) is 4.99. The smallest absolute Gasteiger partial charge is 0.405 e. The Morgan fingerprint density at radius 1 is 1.53 bits per heavy atom. The number of nitrogens with zero attached hydrogens (tertiary/aromatic N) is 2. The van der Waals surface area contributed by atoms with E-state index < -0.39 is 18.7 Å². The lowest BCUT2D eigenvalue weighted by molar-refractivity contribution is -0.119. The highest BCUT2D eigenvalue weighted by Gasteiger charge is 2.32. The molecule has 0 aliphatic heterocycles. The van der Waals surface area contributed by atoms with Crippen molar-refractivity contribution < 1.29 is 23.1 Å². The first kappa shape index (κ1) is 15.6. The Labute approximate surface area is 112 Å². The fraction of sp³-hybridized carbons (Fsp3) is 0.455. The molecule has 8 heteroatoms. The van der Waals surface area contributed by atoms with Crippen molar-refractivity contribution in [2.24, 2.45) is 0 Å². The van der Waals surface area contributed by atoms with Crippen molar-refractivity contribution in [1.29, 1.82) is 0 Å². The van der Waals surface area contributed by atoms with Crippen LogP contribution in [-0.2, 0) is 0 Å². The summed E-state index contributed by atoms with van der Waals surface area (Å²) in [7, 11) is 0. The van der Waals surface area contributed by atoms with E-state index in [9.17, 15) is 18.0 Å². The first-order valence-electron chi connectivity index (χ1n) is 5.45. The van der Waals surface area contributed by atoms with Crippen molar-refractivity contribution in [3.05, 3.63) is 22.8 Å². The lowest BCUT2D eigenvalue weighted by atomic mass is 10.2. The van der Waals surface area contributed by atoms with Gasteiger partial charge in [0.05, 0.1) is 10.6 Å². The molecular formula is C11H12ClF3N2O2. The predicted octanol–water partition coefficient (Wildman–Crippen LogP) is 3.21. The molecular weight excluding hydrogens is 285 g/mol. The summed E-state index contributed by atoms with van der Waals surface area (Å²) < 4.78 is 37.4. The molecule has 106 valence electrons. The standard InChI is InChI=1S/C11H12ClF3N2O2/c1-2-5-17(6-11(13,14)15)9-8(12)7(10(18)19)3-4-16-9/h3-4H,2,5-6H2,1H3,(H,18,19). The first-order valence-corrected chi connectivity index (χ1v) is 5.83. The molecule has 0 saturated heterocycles. The number of hydrogen-bond donors (Lipinski definition) is 1. The number of anilines is 1. The van der Waals surface area contributed by atoms with E-state index >= 15 is 0 Å². The second-order valence-electron chi connectivity index (χ2n) is 3.84. The molecule has 1 aromatic rings. The number of hydrogen-bond acceptors (Lipinski definition) is 3. The second kappa shape index (κ2) is 6.10. The van der Waals surface area contributed by atoms with Crippen LogP contribution in [0.4, 0.5) is 19.0 Å². The minimum Gasteiger partial charge on any atom is -0.478 e. The quantitative estimate of drug-likeness (QED) is 0.906. The summed E-state index contributed by atoms with van der Waals surface area (Å²) in [6, 6.07) is 1.14. The molecule has 0 aromatic carbocycles. The number of carboxylic acids is 1. The van der Waals surface area contributed by atoms with Crippen molar-refractivity contribution in [3.8, 4) is 0 Å². The van der Waals surface area contributed by atoms with Crippen LogP contribution >= 0.6 is 11.6 Å². The fourth-order valence-corrected chi connectivity index (χ4v) is 1.88. The highest BCUT2D eigenvalue weighted by molar-refractivity contribution is 6.35. The molecule has 0 saturated carbocycles. The molecule has 1 N–H and O–H groups in total. The molecule has 0 aliphatic carbocycles. The minimum atomic E-state index is -4.42. The fourth-order valence-electron chi connectivity index (χ4n) is 1.56. The van der Waals surface area contributed by atoms with Crippen LogP contribution in [0.3, 0.4) is 0 Å². The molecule has 0 unspecified atom stereocenters. The molecule has 0 spiro atoms. The molecule has 0 bridgehead atoms. The maximum atomic E-state index is 12.5. The third-order valence-corrected chi connectivity index (χ3v) is 2.64. The molecule has 4 nitrogen and oxygen atoms in total. The van der Waals surface area contributed by atoms with Crippen LogP contribution in [0.25, 0.3) is 0 Å². The van der Waals surface area contributed by atoms with Gasteiger partial charge in [0.1, 0.15) is 12.4 Å². The summed E-state index contributed by atoms with van der Waals surface area (Å²) in [5.74, 6) is -1.47. The van der Waals surface area contributed by atoms with Crippen LogP contribution in [0.1, 0.15) is 23.7 Å². The molecule has 1 heterocycles. The number of carbonyl (C=O) groups is 1. The van der Waals surface area contributed by atoms with Gasteiger partial charge in [-0.2, -0.15) is 13.2 Å². The number of pyridine rings is 1. The molecule has 1 rings (SSSR count). The lowest BCUT2D eigenvalue weighted by Crippen LogP contribution is -2.35. The summed E-state index contributed by atoms with van der Waals surface area (Å²) in [5, 5.41) is 8.60. The van der Waals surface area contributed by atoms with E-state index in [-0.39, 0.29) is 22.9 Å². The van der Waals surface area contributed by atoms with Gasteiger partial charge in [0.25, 0.3) is 0 Å². The second-order valence-corrected chi connectivity index (χ2v) is 4.22. The normalized spacial score (nSPS) is 11.4. The topological polar surface area (TPSA) is 53.4 Å². The van der Waals surface area contributed by atoms with Gasteiger partial charge < -0.3 is 10.0 Å². The van der Waals surface area contributed by atoms with Gasteiger partial charge in [-0.05, 0) is 12.5 Å². The molecule has 0 atom stereocenters.